The van der Waals surface area contributed by atoms with Crippen molar-refractivity contribution in [2.75, 3.05) is 0 Å². The van der Waals surface area contributed by atoms with E-state index in [2.05, 4.69) is 0 Å². The summed E-state index contributed by atoms with van der Waals surface area (Å²) in [6.45, 7) is 0. The molecule has 0 heterocycles. The maximum atomic E-state index is 8.52. The molecule has 0 aliphatic carbocycles. The van der Waals surface area contributed by atoms with Crippen LogP contribution in [0.4, 0.5) is 0 Å². The molecule has 0 aromatic carbocycles. The number of rotatable bonds is 0. The van der Waals surface area contributed by atoms with Gasteiger partial charge in [-0.1, -0.05) is 0 Å². The quantitative estimate of drug-likeness (QED) is 0.187. The molecule has 0 aromatic heterocycles. The minimum Gasteiger partial charge on any atom is -0.759 e. The molecule has 0 saturated carbocycles. The summed E-state index contributed by atoms with van der Waals surface area (Å²) in [7, 11) is -5.17. The van der Waals surface area contributed by atoms with Crippen molar-refractivity contribution < 1.29 is 36.4 Å². The summed E-state index contributed by atoms with van der Waals surface area (Å²) in [5, 5.41) is 0. The third-order valence-electron chi connectivity index (χ3n) is 0. The Kier molecular flexibility index (Phi) is 11.5. The first kappa shape index (κ1) is 15.7. The molecule has 0 saturated heterocycles. The molecule has 0 unspecified atom stereocenters. The first-order valence-electron chi connectivity index (χ1n) is 0.667. The van der Waals surface area contributed by atoms with Crippen LogP contribution in [0, 0.1) is 0 Å². The minimum absolute atomic E-state index is 0. The number of hydrogen-bond donors (Lipinski definition) is 0. The van der Waals surface area contributed by atoms with Gasteiger partial charge >= 0.3 is 36.2 Å². The third kappa shape index (κ3) is 175. The monoisotopic (exact) mass is 130 g/mol. The maximum absolute atomic E-state index is 8.52. The average Bonchev–Trinajstić information content (AvgIpc) is 0.722. The fourth-order valence-corrected chi connectivity index (χ4v) is 0. The second kappa shape index (κ2) is 5.14. The first-order chi connectivity index (χ1) is 2.00. The Labute approximate surface area is 64.2 Å². The Balaban J connectivity index is -0.0000000800. The van der Waals surface area contributed by atoms with Gasteiger partial charge in [-0.25, -0.2) is 0 Å². The Hall–Kier alpha value is 1.000. The van der Waals surface area contributed by atoms with Gasteiger partial charge in [0.15, 0.2) is 0 Å². The summed E-state index contributed by atoms with van der Waals surface area (Å²) in [5.41, 5.74) is 0. The van der Waals surface area contributed by atoms with Crippen LogP contribution in [0.25, 0.3) is 0 Å². The van der Waals surface area contributed by atoms with Gasteiger partial charge in [-0.15, -0.1) is 0 Å². The van der Waals surface area contributed by atoms with Crippen LogP contribution in [0.1, 0.15) is 0 Å². The van der Waals surface area contributed by atoms with Crippen LogP contribution < -0.4 is 18.9 Å². The van der Waals surface area contributed by atoms with Crippen LogP contribution >= 0.6 is 0 Å². The van der Waals surface area contributed by atoms with Crippen molar-refractivity contribution in [3.05, 3.63) is 0 Å². The Bertz CT molecular complexity index is 94.9. The maximum Gasteiger partial charge on any atom is 3.00 e. The fraction of sp³-hybridized carbons (Fsp3) is 0. The van der Waals surface area contributed by atoms with E-state index in [1.807, 2.05) is 0 Å². The summed E-state index contributed by atoms with van der Waals surface area (Å²) in [4.78, 5) is 0. The summed E-state index contributed by atoms with van der Waals surface area (Å²) < 4.78 is 34.1. The van der Waals surface area contributed by atoms with E-state index >= 15 is 0 Å². The van der Waals surface area contributed by atoms with Crippen molar-refractivity contribution in [3.8, 4) is 0 Å². The van der Waals surface area contributed by atoms with Gasteiger partial charge in [-0.2, -0.15) is 0 Å². The molecule has 0 N–H and O–H groups in total. The molecule has 4 nitrogen and oxygen atoms in total. The van der Waals surface area contributed by atoms with Crippen LogP contribution in [0.5, 0.6) is 0 Å². The summed E-state index contributed by atoms with van der Waals surface area (Å²) >= 11 is 0. The molecule has 0 aromatic rings. The van der Waals surface area contributed by atoms with Crippen molar-refractivity contribution in [3.63, 3.8) is 0 Å². The smallest absolute Gasteiger partial charge is 0.759 e. The van der Waals surface area contributed by atoms with Gasteiger partial charge < -0.3 is 9.11 Å². The second-order valence-electron chi connectivity index (χ2n) is 0.408. The molecule has 7 heavy (non-hydrogen) atoms. The molecule has 0 amide bonds. The average molecular weight is 130 g/mol. The molecule has 32 valence electrons. The van der Waals surface area contributed by atoms with Crippen molar-refractivity contribution in [1.82, 2.24) is 0 Å². The van der Waals surface area contributed by atoms with Crippen LogP contribution in [-0.2, 0) is 10.4 Å². The summed E-state index contributed by atoms with van der Waals surface area (Å²) in [6, 6.07) is 0. The van der Waals surface area contributed by atoms with Crippen LogP contribution in [0.2, 0.25) is 0 Å². The molecular weight excluding hydrogens is 130 g/mol. The van der Waals surface area contributed by atoms with Crippen LogP contribution in [-0.4, -0.2) is 34.9 Å². The Morgan fingerprint density at radius 1 is 1.14 bits per heavy atom. The fourth-order valence-electron chi connectivity index (χ4n) is 0. The van der Waals surface area contributed by atoms with E-state index in [1.54, 1.807) is 0 Å². The van der Waals surface area contributed by atoms with E-state index in [0.717, 1.165) is 0 Å². The molecule has 0 aliphatic rings. The van der Waals surface area contributed by atoms with Gasteiger partial charge in [0.05, 0.1) is 0 Å². The molecule has 0 bridgehead atoms. The van der Waals surface area contributed by atoms with Crippen molar-refractivity contribution in [2.45, 2.75) is 0 Å². The van der Waals surface area contributed by atoms with Gasteiger partial charge in [0, 0.05) is 10.4 Å². The second-order valence-corrected chi connectivity index (χ2v) is 1.22. The Morgan fingerprint density at radius 3 is 1.14 bits per heavy atom. The normalized spacial score (nSPS) is 8.29. The van der Waals surface area contributed by atoms with Gasteiger partial charge in [-0.3, -0.25) is 8.42 Å². The van der Waals surface area contributed by atoms with Crippen molar-refractivity contribution >= 4 is 27.8 Å². The van der Waals surface area contributed by atoms with E-state index in [1.165, 1.54) is 0 Å². The Morgan fingerprint density at radius 2 is 1.14 bits per heavy atom. The molecular formula is AlLiO4S+2. The molecule has 0 fully saturated rings. The predicted molar refractivity (Wildman–Crippen MR) is 16.2 cm³/mol. The van der Waals surface area contributed by atoms with E-state index in [4.69, 9.17) is 17.5 Å². The van der Waals surface area contributed by atoms with Crippen molar-refractivity contribution in [1.29, 1.82) is 0 Å². The predicted octanol–water partition coefficient (Wildman–Crippen LogP) is -4.71. The van der Waals surface area contributed by atoms with E-state index in [-0.39, 0.29) is 36.2 Å². The van der Waals surface area contributed by atoms with Crippen LogP contribution in [0.3, 0.4) is 0 Å². The van der Waals surface area contributed by atoms with Gasteiger partial charge in [0.2, 0.25) is 0 Å². The van der Waals surface area contributed by atoms with Crippen LogP contribution in [0.15, 0.2) is 0 Å². The van der Waals surface area contributed by atoms with Crippen molar-refractivity contribution in [2.24, 2.45) is 0 Å². The number of hydrogen-bond acceptors (Lipinski definition) is 4. The summed E-state index contributed by atoms with van der Waals surface area (Å²) in [6.07, 6.45) is 0. The molecule has 7 heteroatoms. The zero-order valence-electron chi connectivity index (χ0n) is 3.62. The summed E-state index contributed by atoms with van der Waals surface area (Å²) in [5.74, 6) is 0. The molecule has 0 aliphatic heterocycles. The molecule has 0 spiro atoms. The van der Waals surface area contributed by atoms with Gasteiger partial charge in [-0.05, 0) is 0 Å². The SMILES string of the molecule is O=S(=O)([O-])[O-].[Al+3].[Li+]. The first-order valence-corrected chi connectivity index (χ1v) is 2.00. The third-order valence-corrected chi connectivity index (χ3v) is 0. The topological polar surface area (TPSA) is 80.3 Å². The van der Waals surface area contributed by atoms with E-state index in [9.17, 15) is 0 Å². The van der Waals surface area contributed by atoms with Gasteiger partial charge in [0.25, 0.3) is 0 Å². The molecule has 0 radical (unpaired) electrons. The largest absolute Gasteiger partial charge is 3.00 e. The van der Waals surface area contributed by atoms with E-state index < -0.39 is 10.4 Å². The molecule has 0 atom stereocenters. The minimum atomic E-state index is -5.17. The molecule has 0 rings (SSSR count). The zero-order chi connectivity index (χ0) is 4.50. The zero-order valence-corrected chi connectivity index (χ0v) is 5.59. The standard InChI is InChI=1S/Al.Li.H2O4S/c;;1-5(2,3)4/h;;(H2,1,2,3,4)/q+3;+1;/p-2. The van der Waals surface area contributed by atoms with Gasteiger partial charge in [0.1, 0.15) is 0 Å². The van der Waals surface area contributed by atoms with E-state index in [0.29, 0.717) is 0 Å².